The van der Waals surface area contributed by atoms with Gasteiger partial charge in [-0.25, -0.2) is 9.37 Å². The quantitative estimate of drug-likeness (QED) is 0.786. The maximum absolute atomic E-state index is 13.3. The molecule has 3 aromatic rings. The third-order valence-corrected chi connectivity index (χ3v) is 5.13. The van der Waals surface area contributed by atoms with Crippen molar-refractivity contribution < 1.29 is 9.18 Å². The first kappa shape index (κ1) is 13.5. The number of carbonyl (C=O) groups is 1. The van der Waals surface area contributed by atoms with Gasteiger partial charge in [-0.15, -0.1) is 11.3 Å². The number of nitrogens with one attached hydrogen (secondary N) is 1. The molecule has 1 aromatic carbocycles. The Balaban J connectivity index is 1.65. The number of nitrogens with zero attached hydrogens (tertiary/aromatic N) is 2. The molecule has 0 fully saturated rings. The van der Waals surface area contributed by atoms with Crippen LogP contribution in [-0.4, -0.2) is 15.5 Å². The Hall–Kier alpha value is -2.21. The molecule has 0 saturated heterocycles. The SMILES string of the molecule is Cn1c(C(=O)Nc2nc3c(s2)CCC3)cc2cc(F)ccc21. The maximum Gasteiger partial charge on any atom is 0.274 e. The molecule has 0 bridgehead atoms. The van der Waals surface area contributed by atoms with Crippen LogP contribution >= 0.6 is 11.3 Å². The van der Waals surface area contributed by atoms with E-state index < -0.39 is 0 Å². The summed E-state index contributed by atoms with van der Waals surface area (Å²) in [4.78, 5) is 18.2. The van der Waals surface area contributed by atoms with Crippen LogP contribution in [0.1, 0.15) is 27.5 Å². The van der Waals surface area contributed by atoms with Crippen LogP contribution in [0.2, 0.25) is 0 Å². The highest BCUT2D eigenvalue weighted by atomic mass is 32.1. The summed E-state index contributed by atoms with van der Waals surface area (Å²) in [5.74, 6) is -0.520. The van der Waals surface area contributed by atoms with Crippen LogP contribution in [0.3, 0.4) is 0 Å². The predicted octanol–water partition coefficient (Wildman–Crippen LogP) is 3.51. The van der Waals surface area contributed by atoms with Crippen LogP contribution in [-0.2, 0) is 19.9 Å². The fourth-order valence-corrected chi connectivity index (χ4v) is 3.99. The number of rotatable bonds is 2. The second-order valence-electron chi connectivity index (χ2n) is 5.49. The van der Waals surface area contributed by atoms with E-state index in [1.165, 1.54) is 17.0 Å². The first-order chi connectivity index (χ1) is 10.6. The Bertz CT molecular complexity index is 875. The summed E-state index contributed by atoms with van der Waals surface area (Å²) < 4.78 is 15.1. The van der Waals surface area contributed by atoms with Gasteiger partial charge in [0, 0.05) is 22.8 Å². The van der Waals surface area contributed by atoms with Gasteiger partial charge in [-0.2, -0.15) is 0 Å². The molecule has 0 saturated carbocycles. The lowest BCUT2D eigenvalue weighted by Gasteiger charge is -2.04. The van der Waals surface area contributed by atoms with Gasteiger partial charge in [-0.1, -0.05) is 0 Å². The third kappa shape index (κ3) is 2.11. The minimum atomic E-state index is -0.304. The molecule has 2 heterocycles. The zero-order chi connectivity index (χ0) is 15.3. The second-order valence-corrected chi connectivity index (χ2v) is 6.57. The summed E-state index contributed by atoms with van der Waals surface area (Å²) in [6, 6.07) is 6.22. The smallest absolute Gasteiger partial charge is 0.274 e. The minimum absolute atomic E-state index is 0.216. The van der Waals surface area contributed by atoms with Gasteiger partial charge >= 0.3 is 0 Å². The van der Waals surface area contributed by atoms with Gasteiger partial charge in [-0.05, 0) is 43.5 Å². The average Bonchev–Trinajstić information content (AvgIpc) is 3.12. The van der Waals surface area contributed by atoms with E-state index in [0.717, 1.165) is 30.5 Å². The standard InChI is InChI=1S/C16H14FN3OS/c1-20-12-6-5-10(17)7-9(12)8-13(20)15(21)19-16-18-11-3-2-4-14(11)22-16/h5-8H,2-4H2,1H3,(H,18,19,21). The van der Waals surface area contributed by atoms with E-state index in [1.807, 2.05) is 0 Å². The van der Waals surface area contributed by atoms with Crippen molar-refractivity contribution >= 4 is 33.3 Å². The van der Waals surface area contributed by atoms with Gasteiger partial charge in [0.1, 0.15) is 11.5 Å². The molecule has 0 unspecified atom stereocenters. The molecule has 1 aliphatic rings. The Morgan fingerprint density at radius 2 is 2.23 bits per heavy atom. The van der Waals surface area contributed by atoms with Crippen molar-refractivity contribution in [3.8, 4) is 0 Å². The van der Waals surface area contributed by atoms with E-state index in [2.05, 4.69) is 10.3 Å². The van der Waals surface area contributed by atoms with Crippen LogP contribution < -0.4 is 5.32 Å². The van der Waals surface area contributed by atoms with E-state index in [-0.39, 0.29) is 11.7 Å². The number of thiazole rings is 1. The molecule has 0 radical (unpaired) electrons. The molecule has 1 aliphatic carbocycles. The first-order valence-electron chi connectivity index (χ1n) is 7.17. The van der Waals surface area contributed by atoms with Crippen molar-refractivity contribution in [3.63, 3.8) is 0 Å². The molecule has 112 valence electrons. The number of halogens is 1. The van der Waals surface area contributed by atoms with Crippen LogP contribution in [0.25, 0.3) is 10.9 Å². The summed E-state index contributed by atoms with van der Waals surface area (Å²) in [7, 11) is 1.80. The number of hydrogen-bond acceptors (Lipinski definition) is 3. The highest BCUT2D eigenvalue weighted by Gasteiger charge is 2.19. The molecule has 1 amide bonds. The lowest BCUT2D eigenvalue weighted by Crippen LogP contribution is -2.15. The number of aryl methyl sites for hydroxylation is 3. The zero-order valence-corrected chi connectivity index (χ0v) is 12.8. The molecular weight excluding hydrogens is 301 g/mol. The fourth-order valence-electron chi connectivity index (χ4n) is 2.94. The highest BCUT2D eigenvalue weighted by Crippen LogP contribution is 2.31. The third-order valence-electron chi connectivity index (χ3n) is 4.05. The Kier molecular flexibility index (Phi) is 3.00. The molecule has 0 spiro atoms. The van der Waals surface area contributed by atoms with Gasteiger partial charge < -0.3 is 4.57 Å². The van der Waals surface area contributed by atoms with Crippen molar-refractivity contribution in [2.24, 2.45) is 7.05 Å². The van der Waals surface area contributed by atoms with Crippen molar-refractivity contribution in [1.82, 2.24) is 9.55 Å². The van der Waals surface area contributed by atoms with Crippen molar-refractivity contribution in [2.75, 3.05) is 5.32 Å². The Labute approximate surface area is 130 Å². The average molecular weight is 315 g/mol. The van der Waals surface area contributed by atoms with Crippen molar-refractivity contribution in [2.45, 2.75) is 19.3 Å². The maximum atomic E-state index is 13.3. The molecule has 0 aliphatic heterocycles. The molecule has 4 nitrogen and oxygen atoms in total. The predicted molar refractivity (Wildman–Crippen MR) is 85.0 cm³/mol. The highest BCUT2D eigenvalue weighted by molar-refractivity contribution is 7.16. The van der Waals surface area contributed by atoms with E-state index in [1.54, 1.807) is 35.1 Å². The lowest BCUT2D eigenvalue weighted by molar-refractivity contribution is 0.101. The number of hydrogen-bond donors (Lipinski definition) is 1. The summed E-state index contributed by atoms with van der Waals surface area (Å²) in [6.45, 7) is 0. The first-order valence-corrected chi connectivity index (χ1v) is 7.98. The topological polar surface area (TPSA) is 46.9 Å². The van der Waals surface area contributed by atoms with Crippen LogP contribution in [0.15, 0.2) is 24.3 Å². The molecule has 4 rings (SSSR count). The molecule has 22 heavy (non-hydrogen) atoms. The number of amides is 1. The zero-order valence-electron chi connectivity index (χ0n) is 12.0. The molecule has 6 heteroatoms. The minimum Gasteiger partial charge on any atom is -0.340 e. The molecular formula is C16H14FN3OS. The Morgan fingerprint density at radius 1 is 1.36 bits per heavy atom. The molecule has 0 atom stereocenters. The number of aromatic nitrogens is 2. The summed E-state index contributed by atoms with van der Waals surface area (Å²) >= 11 is 1.55. The number of carbonyl (C=O) groups excluding carboxylic acids is 1. The number of fused-ring (bicyclic) bond motifs is 2. The number of anilines is 1. The van der Waals surface area contributed by atoms with Gasteiger partial charge in [-0.3, -0.25) is 10.1 Å². The van der Waals surface area contributed by atoms with Crippen LogP contribution in [0.4, 0.5) is 9.52 Å². The largest absolute Gasteiger partial charge is 0.340 e. The number of benzene rings is 1. The van der Waals surface area contributed by atoms with Gasteiger partial charge in [0.05, 0.1) is 5.69 Å². The molecule has 1 N–H and O–H groups in total. The second kappa shape index (κ2) is 4.91. The van der Waals surface area contributed by atoms with E-state index in [9.17, 15) is 9.18 Å². The normalized spacial score (nSPS) is 13.5. The summed E-state index contributed by atoms with van der Waals surface area (Å²) in [6.07, 6.45) is 3.20. The van der Waals surface area contributed by atoms with Crippen molar-refractivity contribution in [1.29, 1.82) is 0 Å². The van der Waals surface area contributed by atoms with E-state index >= 15 is 0 Å². The van der Waals surface area contributed by atoms with Crippen molar-refractivity contribution in [3.05, 3.63) is 46.3 Å². The van der Waals surface area contributed by atoms with E-state index in [0.29, 0.717) is 16.2 Å². The molecule has 2 aromatic heterocycles. The van der Waals surface area contributed by atoms with Crippen LogP contribution in [0.5, 0.6) is 0 Å². The summed E-state index contributed by atoms with van der Waals surface area (Å²) in [5, 5.41) is 4.22. The Morgan fingerprint density at radius 3 is 3.05 bits per heavy atom. The van der Waals surface area contributed by atoms with Gasteiger partial charge in [0.15, 0.2) is 5.13 Å². The van der Waals surface area contributed by atoms with Gasteiger partial charge in [0.2, 0.25) is 0 Å². The summed E-state index contributed by atoms with van der Waals surface area (Å²) in [5.41, 5.74) is 2.43. The van der Waals surface area contributed by atoms with Gasteiger partial charge in [0.25, 0.3) is 5.91 Å². The monoisotopic (exact) mass is 315 g/mol. The lowest BCUT2D eigenvalue weighted by atomic mass is 10.2. The van der Waals surface area contributed by atoms with Crippen LogP contribution in [0, 0.1) is 5.82 Å². The fraction of sp³-hybridized carbons (Fsp3) is 0.250. The van der Waals surface area contributed by atoms with E-state index in [4.69, 9.17) is 0 Å².